The molecular formula is C18H24F2N2O2. The summed E-state index contributed by atoms with van der Waals surface area (Å²) in [6, 6.07) is 6.70. The molecule has 1 aromatic rings. The van der Waals surface area contributed by atoms with E-state index in [0.717, 1.165) is 12.8 Å². The van der Waals surface area contributed by atoms with E-state index in [4.69, 9.17) is 0 Å². The predicted molar refractivity (Wildman–Crippen MR) is 87.2 cm³/mol. The molecular weight excluding hydrogens is 314 g/mol. The highest BCUT2D eigenvalue weighted by atomic mass is 19.3. The van der Waals surface area contributed by atoms with Gasteiger partial charge in [-0.15, -0.1) is 0 Å². The van der Waals surface area contributed by atoms with Crippen LogP contribution in [0.25, 0.3) is 0 Å². The fraction of sp³-hybridized carbons (Fsp3) is 0.611. The summed E-state index contributed by atoms with van der Waals surface area (Å²) < 4.78 is 25.0. The van der Waals surface area contributed by atoms with Gasteiger partial charge in [0.05, 0.1) is 6.10 Å². The van der Waals surface area contributed by atoms with Gasteiger partial charge in [0.1, 0.15) is 0 Å². The Kier molecular flexibility index (Phi) is 5.46. The number of alkyl halides is 2. The van der Waals surface area contributed by atoms with Crippen LogP contribution in [0.5, 0.6) is 0 Å². The van der Waals surface area contributed by atoms with Crippen molar-refractivity contribution in [3.05, 3.63) is 35.4 Å². The SMILES string of the molecule is O=C(NCC(C1CCC1)N1CC(O)C1)c1cccc(CC(F)F)c1. The lowest BCUT2D eigenvalue weighted by Gasteiger charge is -2.47. The Morgan fingerprint density at radius 3 is 2.67 bits per heavy atom. The lowest BCUT2D eigenvalue weighted by molar-refractivity contribution is -0.0488. The second kappa shape index (κ2) is 7.57. The first-order valence-corrected chi connectivity index (χ1v) is 8.60. The molecule has 1 aliphatic carbocycles. The van der Waals surface area contributed by atoms with Crippen LogP contribution in [0.3, 0.4) is 0 Å². The molecule has 1 heterocycles. The third-order valence-corrected chi connectivity index (χ3v) is 5.10. The minimum absolute atomic E-state index is 0.225. The Labute approximate surface area is 140 Å². The van der Waals surface area contributed by atoms with E-state index in [1.807, 2.05) is 0 Å². The van der Waals surface area contributed by atoms with Crippen molar-refractivity contribution in [2.75, 3.05) is 19.6 Å². The number of β-amino-alcohol motifs (C(OH)–C–C–N with tert-alkyl or cyclic N) is 1. The van der Waals surface area contributed by atoms with Crippen LogP contribution in [0.15, 0.2) is 24.3 Å². The van der Waals surface area contributed by atoms with E-state index < -0.39 is 6.43 Å². The number of carbonyl (C=O) groups is 1. The van der Waals surface area contributed by atoms with Crippen molar-refractivity contribution in [3.63, 3.8) is 0 Å². The summed E-state index contributed by atoms with van der Waals surface area (Å²) in [4.78, 5) is 14.6. The molecule has 1 saturated carbocycles. The lowest BCUT2D eigenvalue weighted by atomic mass is 9.78. The predicted octanol–water partition coefficient (Wildman–Crippen LogP) is 2.07. The van der Waals surface area contributed by atoms with Crippen LogP contribution in [0, 0.1) is 5.92 Å². The van der Waals surface area contributed by atoms with Crippen molar-refractivity contribution in [1.82, 2.24) is 10.2 Å². The van der Waals surface area contributed by atoms with Crippen LogP contribution in [0.2, 0.25) is 0 Å². The summed E-state index contributed by atoms with van der Waals surface area (Å²) in [6.45, 7) is 1.87. The number of amides is 1. The molecule has 1 aliphatic heterocycles. The van der Waals surface area contributed by atoms with Gasteiger partial charge in [0, 0.05) is 37.7 Å². The fourth-order valence-corrected chi connectivity index (χ4v) is 3.49. The molecule has 6 heteroatoms. The number of nitrogens with zero attached hydrogens (tertiary/aromatic N) is 1. The van der Waals surface area contributed by atoms with Crippen molar-refractivity contribution >= 4 is 5.91 Å². The summed E-state index contributed by atoms with van der Waals surface area (Å²) in [6.07, 6.45) is 0.547. The van der Waals surface area contributed by atoms with Gasteiger partial charge in [-0.3, -0.25) is 9.69 Å². The van der Waals surface area contributed by atoms with Crippen LogP contribution in [-0.2, 0) is 6.42 Å². The first-order chi connectivity index (χ1) is 11.5. The summed E-state index contributed by atoms with van der Waals surface area (Å²) in [5.41, 5.74) is 0.892. The molecule has 0 aromatic heterocycles. The number of hydrogen-bond donors (Lipinski definition) is 2. The maximum atomic E-state index is 12.5. The molecule has 4 nitrogen and oxygen atoms in total. The third kappa shape index (κ3) is 4.11. The molecule has 1 amide bonds. The van der Waals surface area contributed by atoms with Gasteiger partial charge in [-0.05, 0) is 36.5 Å². The van der Waals surface area contributed by atoms with Crippen molar-refractivity contribution in [3.8, 4) is 0 Å². The van der Waals surface area contributed by atoms with Gasteiger partial charge in [-0.25, -0.2) is 8.78 Å². The second-order valence-electron chi connectivity index (χ2n) is 6.87. The van der Waals surface area contributed by atoms with E-state index in [2.05, 4.69) is 10.2 Å². The first-order valence-electron chi connectivity index (χ1n) is 8.60. The van der Waals surface area contributed by atoms with E-state index in [0.29, 0.717) is 36.7 Å². The largest absolute Gasteiger partial charge is 0.390 e. The van der Waals surface area contributed by atoms with Crippen LogP contribution in [-0.4, -0.2) is 54.1 Å². The number of halogens is 2. The highest BCUT2D eigenvalue weighted by Crippen LogP contribution is 2.33. The number of benzene rings is 1. The van der Waals surface area contributed by atoms with Crippen LogP contribution in [0.4, 0.5) is 8.78 Å². The monoisotopic (exact) mass is 338 g/mol. The number of nitrogens with one attached hydrogen (secondary N) is 1. The first kappa shape index (κ1) is 17.3. The fourth-order valence-electron chi connectivity index (χ4n) is 3.49. The highest BCUT2D eigenvalue weighted by molar-refractivity contribution is 5.94. The van der Waals surface area contributed by atoms with Crippen LogP contribution >= 0.6 is 0 Å². The normalized spacial score (nSPS) is 20.5. The van der Waals surface area contributed by atoms with E-state index in [9.17, 15) is 18.7 Å². The summed E-state index contributed by atoms with van der Waals surface area (Å²) in [5.74, 6) is 0.347. The molecule has 1 atom stereocenters. The number of aliphatic hydroxyl groups is 1. The van der Waals surface area contributed by atoms with E-state index in [1.54, 1.807) is 18.2 Å². The molecule has 132 valence electrons. The van der Waals surface area contributed by atoms with Gasteiger partial charge < -0.3 is 10.4 Å². The van der Waals surface area contributed by atoms with Crippen molar-refractivity contribution in [1.29, 1.82) is 0 Å². The maximum Gasteiger partial charge on any atom is 0.251 e. The maximum absolute atomic E-state index is 12.5. The number of hydrogen-bond acceptors (Lipinski definition) is 3. The summed E-state index contributed by atoms with van der Waals surface area (Å²) in [5, 5.41) is 12.5. The molecule has 1 aromatic carbocycles. The minimum Gasteiger partial charge on any atom is -0.390 e. The average molecular weight is 338 g/mol. The molecule has 24 heavy (non-hydrogen) atoms. The topological polar surface area (TPSA) is 52.6 Å². The molecule has 1 saturated heterocycles. The third-order valence-electron chi connectivity index (χ3n) is 5.10. The zero-order chi connectivity index (χ0) is 17.1. The van der Waals surface area contributed by atoms with Gasteiger partial charge >= 0.3 is 0 Å². The van der Waals surface area contributed by atoms with E-state index in [-0.39, 0.29) is 24.5 Å². The summed E-state index contributed by atoms with van der Waals surface area (Å²) >= 11 is 0. The minimum atomic E-state index is -2.41. The Morgan fingerprint density at radius 1 is 1.33 bits per heavy atom. The highest BCUT2D eigenvalue weighted by Gasteiger charge is 2.37. The Hall–Kier alpha value is -1.53. The summed E-state index contributed by atoms with van der Waals surface area (Å²) in [7, 11) is 0. The van der Waals surface area contributed by atoms with Crippen molar-refractivity contribution in [2.45, 2.75) is 44.3 Å². The van der Waals surface area contributed by atoms with Crippen LogP contribution in [0.1, 0.15) is 35.2 Å². The Balaban J connectivity index is 1.57. The molecule has 2 aliphatic rings. The zero-order valence-corrected chi connectivity index (χ0v) is 13.6. The molecule has 2 N–H and O–H groups in total. The van der Waals surface area contributed by atoms with Crippen molar-refractivity contribution < 1.29 is 18.7 Å². The van der Waals surface area contributed by atoms with Crippen molar-refractivity contribution in [2.24, 2.45) is 5.92 Å². The number of carbonyl (C=O) groups excluding carboxylic acids is 1. The number of rotatable bonds is 7. The number of likely N-dealkylation sites (tertiary alicyclic amines) is 1. The van der Waals surface area contributed by atoms with Crippen LogP contribution < -0.4 is 5.32 Å². The molecule has 3 rings (SSSR count). The molecule has 0 spiro atoms. The zero-order valence-electron chi connectivity index (χ0n) is 13.6. The standard InChI is InChI=1S/C18H24F2N2O2/c19-17(20)8-12-3-1-6-14(7-12)18(24)21-9-16(13-4-2-5-13)22-10-15(23)11-22/h1,3,6-7,13,15-17,23H,2,4-5,8-11H2,(H,21,24). The molecule has 0 radical (unpaired) electrons. The van der Waals surface area contributed by atoms with Gasteiger partial charge in [0.15, 0.2) is 0 Å². The Morgan fingerprint density at radius 2 is 2.08 bits per heavy atom. The number of aliphatic hydroxyl groups excluding tert-OH is 1. The van der Waals surface area contributed by atoms with E-state index >= 15 is 0 Å². The van der Waals surface area contributed by atoms with E-state index in [1.165, 1.54) is 12.5 Å². The molecule has 1 unspecified atom stereocenters. The molecule has 2 fully saturated rings. The van der Waals surface area contributed by atoms with Gasteiger partial charge in [-0.1, -0.05) is 18.6 Å². The lowest BCUT2D eigenvalue weighted by Crippen LogP contribution is -2.61. The van der Waals surface area contributed by atoms with Gasteiger partial charge in [0.25, 0.3) is 5.91 Å². The Bertz CT molecular complexity index is 572. The van der Waals surface area contributed by atoms with Gasteiger partial charge in [-0.2, -0.15) is 0 Å². The second-order valence-corrected chi connectivity index (χ2v) is 6.87. The van der Waals surface area contributed by atoms with Gasteiger partial charge in [0.2, 0.25) is 6.43 Å². The average Bonchev–Trinajstić information content (AvgIpc) is 2.45. The molecule has 0 bridgehead atoms. The quantitative estimate of drug-likeness (QED) is 0.800. The smallest absolute Gasteiger partial charge is 0.251 e.